The second-order valence-electron chi connectivity index (χ2n) is 4.19. The summed E-state index contributed by atoms with van der Waals surface area (Å²) in [6.07, 6.45) is 4.01. The third-order valence-electron chi connectivity index (χ3n) is 2.29. The molecule has 0 aliphatic heterocycles. The summed E-state index contributed by atoms with van der Waals surface area (Å²) in [5, 5.41) is 8.63. The second kappa shape index (κ2) is 7.44. The molecule has 0 amide bonds. The van der Waals surface area contributed by atoms with Gasteiger partial charge in [-0.15, -0.1) is 0 Å². The van der Waals surface area contributed by atoms with Gasteiger partial charge >= 0.3 is 5.97 Å². The van der Waals surface area contributed by atoms with Crippen LogP contribution in [-0.4, -0.2) is 38.1 Å². The monoisotopic (exact) mass is 362 g/mol. The first kappa shape index (κ1) is 16.7. The van der Waals surface area contributed by atoms with Gasteiger partial charge in [0, 0.05) is 22.4 Å². The van der Waals surface area contributed by atoms with Crippen molar-refractivity contribution in [2.24, 2.45) is 0 Å². The summed E-state index contributed by atoms with van der Waals surface area (Å²) < 4.78 is 28.3. The van der Waals surface area contributed by atoms with Crippen molar-refractivity contribution in [1.82, 2.24) is 0 Å². The highest BCUT2D eigenvalue weighted by Crippen LogP contribution is 2.24. The maximum absolute atomic E-state index is 11.0. The van der Waals surface area contributed by atoms with Crippen molar-refractivity contribution in [1.29, 1.82) is 0 Å². The molecule has 0 bridgehead atoms. The van der Waals surface area contributed by atoms with Crippen LogP contribution >= 0.6 is 15.9 Å². The molecule has 0 unspecified atom stereocenters. The van der Waals surface area contributed by atoms with Gasteiger partial charge < -0.3 is 9.84 Å². The third-order valence-corrected chi connectivity index (χ3v) is 3.82. The van der Waals surface area contributed by atoms with Gasteiger partial charge in [-0.3, -0.25) is 0 Å². The van der Waals surface area contributed by atoms with Crippen LogP contribution in [0.2, 0.25) is 0 Å². The lowest BCUT2D eigenvalue weighted by Gasteiger charge is -2.09. The molecule has 0 heterocycles. The summed E-state index contributed by atoms with van der Waals surface area (Å²) in [5.41, 5.74) is 0.612. The molecule has 1 N–H and O–H groups in total. The van der Waals surface area contributed by atoms with Crippen LogP contribution in [0.3, 0.4) is 0 Å². The Kier molecular flexibility index (Phi) is 6.22. The van der Waals surface area contributed by atoms with Crippen molar-refractivity contribution in [3.63, 3.8) is 0 Å². The Morgan fingerprint density at radius 1 is 1.45 bits per heavy atom. The minimum Gasteiger partial charge on any atom is -0.493 e. The smallest absolute Gasteiger partial charge is 0.328 e. The van der Waals surface area contributed by atoms with E-state index in [2.05, 4.69) is 15.9 Å². The van der Waals surface area contributed by atoms with Crippen LogP contribution in [-0.2, 0) is 14.6 Å². The first-order valence-corrected chi connectivity index (χ1v) is 8.64. The topological polar surface area (TPSA) is 80.7 Å². The molecule has 0 aliphatic rings. The van der Waals surface area contributed by atoms with Crippen LogP contribution in [0.25, 0.3) is 6.08 Å². The average Bonchev–Trinajstić information content (AvgIpc) is 2.32. The fourth-order valence-corrected chi connectivity index (χ4v) is 2.47. The number of hydrogen-bond acceptors (Lipinski definition) is 4. The lowest BCUT2D eigenvalue weighted by molar-refractivity contribution is -0.131. The molecule has 0 aliphatic carbocycles. The van der Waals surface area contributed by atoms with E-state index in [1.165, 1.54) is 12.3 Å². The van der Waals surface area contributed by atoms with E-state index in [-0.39, 0.29) is 12.4 Å². The van der Waals surface area contributed by atoms with Gasteiger partial charge in [-0.1, -0.05) is 15.9 Å². The fourth-order valence-electron chi connectivity index (χ4n) is 1.45. The number of ether oxygens (including phenoxy) is 1. The van der Waals surface area contributed by atoms with Crippen molar-refractivity contribution < 1.29 is 23.1 Å². The molecule has 0 aromatic heterocycles. The van der Waals surface area contributed by atoms with E-state index in [0.717, 1.165) is 10.5 Å². The Morgan fingerprint density at radius 2 is 2.15 bits per heavy atom. The number of aliphatic carboxylic acids is 1. The summed E-state index contributed by atoms with van der Waals surface area (Å²) >= 11 is 3.30. The van der Waals surface area contributed by atoms with Crippen LogP contribution in [0.15, 0.2) is 28.7 Å². The van der Waals surface area contributed by atoms with E-state index in [9.17, 15) is 13.2 Å². The number of carbonyl (C=O) groups is 1. The van der Waals surface area contributed by atoms with Crippen molar-refractivity contribution >= 4 is 37.8 Å². The van der Waals surface area contributed by atoms with Gasteiger partial charge in [-0.25, -0.2) is 13.2 Å². The van der Waals surface area contributed by atoms with Crippen LogP contribution in [0.5, 0.6) is 5.75 Å². The lowest BCUT2D eigenvalue weighted by Crippen LogP contribution is -2.08. The van der Waals surface area contributed by atoms with E-state index < -0.39 is 15.8 Å². The molecule has 1 aromatic carbocycles. The summed E-state index contributed by atoms with van der Waals surface area (Å²) in [6.45, 7) is 0.253. The Morgan fingerprint density at radius 3 is 2.75 bits per heavy atom. The molecule has 7 heteroatoms. The third kappa shape index (κ3) is 6.72. The van der Waals surface area contributed by atoms with Crippen molar-refractivity contribution in [2.75, 3.05) is 18.6 Å². The van der Waals surface area contributed by atoms with E-state index >= 15 is 0 Å². The van der Waals surface area contributed by atoms with Crippen molar-refractivity contribution in [2.45, 2.75) is 6.42 Å². The summed E-state index contributed by atoms with van der Waals surface area (Å²) in [6, 6.07) is 5.20. The van der Waals surface area contributed by atoms with Crippen molar-refractivity contribution in [3.05, 3.63) is 34.3 Å². The molecule has 0 atom stereocenters. The van der Waals surface area contributed by atoms with E-state index in [0.29, 0.717) is 17.7 Å². The molecule has 110 valence electrons. The molecule has 0 saturated carbocycles. The summed E-state index contributed by atoms with van der Waals surface area (Å²) in [5.74, 6) is -0.476. The van der Waals surface area contributed by atoms with Gasteiger partial charge in [0.2, 0.25) is 0 Å². The molecule has 1 rings (SSSR count). The first-order chi connectivity index (χ1) is 9.28. The van der Waals surface area contributed by atoms with Gasteiger partial charge in [-0.05, 0) is 30.7 Å². The highest BCUT2D eigenvalue weighted by molar-refractivity contribution is 9.10. The van der Waals surface area contributed by atoms with E-state index in [1.807, 2.05) is 0 Å². The highest BCUT2D eigenvalue weighted by atomic mass is 79.9. The molecular weight excluding hydrogens is 348 g/mol. The Labute approximate surface area is 126 Å². The van der Waals surface area contributed by atoms with Crippen LogP contribution in [0.1, 0.15) is 12.0 Å². The summed E-state index contributed by atoms with van der Waals surface area (Å²) in [4.78, 5) is 10.5. The lowest BCUT2D eigenvalue weighted by atomic mass is 10.2. The molecule has 0 radical (unpaired) electrons. The highest BCUT2D eigenvalue weighted by Gasteiger charge is 2.05. The van der Waals surface area contributed by atoms with Gasteiger partial charge in [0.1, 0.15) is 15.6 Å². The number of hydrogen-bond donors (Lipinski definition) is 1. The Balaban J connectivity index is 2.71. The normalized spacial score (nSPS) is 11.7. The summed E-state index contributed by atoms with van der Waals surface area (Å²) in [7, 11) is -3.00. The molecule has 5 nitrogen and oxygen atoms in total. The van der Waals surface area contributed by atoms with Gasteiger partial charge in [-0.2, -0.15) is 0 Å². The number of halogens is 1. The number of carboxylic acid groups (broad SMARTS) is 1. The minimum atomic E-state index is -3.00. The van der Waals surface area contributed by atoms with Crippen LogP contribution < -0.4 is 4.74 Å². The van der Waals surface area contributed by atoms with Gasteiger partial charge in [0.05, 0.1) is 12.4 Å². The molecule has 1 aromatic rings. The van der Waals surface area contributed by atoms with E-state index in [1.54, 1.807) is 18.2 Å². The molecule has 0 fully saturated rings. The molecule has 0 spiro atoms. The number of sulfone groups is 1. The van der Waals surface area contributed by atoms with Crippen LogP contribution in [0, 0.1) is 0 Å². The zero-order chi connectivity index (χ0) is 15.2. The van der Waals surface area contributed by atoms with Crippen molar-refractivity contribution in [3.8, 4) is 5.75 Å². The zero-order valence-electron chi connectivity index (χ0n) is 10.9. The molecular formula is C13H15BrO5S. The maximum atomic E-state index is 11.0. The Hall–Kier alpha value is -1.34. The van der Waals surface area contributed by atoms with E-state index in [4.69, 9.17) is 9.84 Å². The quantitative estimate of drug-likeness (QED) is 0.594. The SMILES string of the molecule is CS(=O)(=O)CCCOc1ccc(Br)cc1C=CC(=O)O. The molecule has 20 heavy (non-hydrogen) atoms. The Bertz CT molecular complexity index is 607. The fraction of sp³-hybridized carbons (Fsp3) is 0.308. The maximum Gasteiger partial charge on any atom is 0.328 e. The number of carboxylic acids is 1. The predicted octanol–water partition coefficient (Wildman–Crippen LogP) is 2.36. The number of rotatable bonds is 7. The predicted molar refractivity (Wildman–Crippen MR) is 80.6 cm³/mol. The van der Waals surface area contributed by atoms with Gasteiger partial charge in [0.15, 0.2) is 0 Å². The number of benzene rings is 1. The zero-order valence-corrected chi connectivity index (χ0v) is 13.3. The first-order valence-electron chi connectivity index (χ1n) is 5.79. The van der Waals surface area contributed by atoms with Crippen LogP contribution in [0.4, 0.5) is 0 Å². The van der Waals surface area contributed by atoms with Gasteiger partial charge in [0.25, 0.3) is 0 Å². The average molecular weight is 363 g/mol. The largest absolute Gasteiger partial charge is 0.493 e. The standard InChI is InChI=1S/C13H15BrO5S/c1-20(17,18)8-2-7-19-12-5-4-11(14)9-10(12)3-6-13(15)16/h3-6,9H,2,7-8H2,1H3,(H,15,16). The molecule has 0 saturated heterocycles. The minimum absolute atomic E-state index is 0.0594. The second-order valence-corrected chi connectivity index (χ2v) is 7.36.